The smallest absolute Gasteiger partial charge is 0.239 e. The summed E-state index contributed by atoms with van der Waals surface area (Å²) >= 11 is 0. The van der Waals surface area contributed by atoms with Gasteiger partial charge in [0.05, 0.1) is 25.4 Å². The van der Waals surface area contributed by atoms with Gasteiger partial charge in [0.25, 0.3) is 0 Å². The van der Waals surface area contributed by atoms with Crippen molar-refractivity contribution in [1.29, 1.82) is 0 Å². The van der Waals surface area contributed by atoms with Gasteiger partial charge in [-0.2, -0.15) is 0 Å². The number of nitrogens with two attached hydrogens (primary N) is 1. The zero-order chi connectivity index (χ0) is 12.1. The summed E-state index contributed by atoms with van der Waals surface area (Å²) in [5, 5.41) is 0. The molecule has 0 aromatic carbocycles. The normalized spacial score (nSPS) is 22.2. The van der Waals surface area contributed by atoms with Crippen LogP contribution in [0.1, 0.15) is 13.8 Å². The van der Waals surface area contributed by atoms with E-state index in [2.05, 4.69) is 0 Å². The lowest BCUT2D eigenvalue weighted by Gasteiger charge is -2.34. The van der Waals surface area contributed by atoms with Crippen molar-refractivity contribution in [2.24, 2.45) is 11.7 Å². The Bertz CT molecular complexity index is 237. The molecule has 0 bridgehead atoms. The largest absolute Gasteiger partial charge is 0.382 e. The summed E-state index contributed by atoms with van der Waals surface area (Å²) in [6, 6.07) is -0.415. The average molecular weight is 267 g/mol. The number of amides is 1. The summed E-state index contributed by atoms with van der Waals surface area (Å²) in [6.45, 7) is 6.18. The maximum absolute atomic E-state index is 12.0. The molecule has 1 heterocycles. The molecule has 17 heavy (non-hydrogen) atoms. The third kappa shape index (κ3) is 4.79. The highest BCUT2D eigenvalue weighted by Crippen LogP contribution is 2.09. The molecular weight excluding hydrogens is 244 g/mol. The van der Waals surface area contributed by atoms with Crippen molar-refractivity contribution >= 4 is 18.3 Å². The molecule has 0 spiro atoms. The molecule has 2 N–H and O–H groups in total. The number of halogens is 1. The van der Waals surface area contributed by atoms with Crippen LogP contribution in [0, 0.1) is 5.92 Å². The molecular formula is C11H23ClN2O3. The molecule has 1 saturated heterocycles. The molecule has 1 amide bonds. The number of hydrogen-bond acceptors (Lipinski definition) is 4. The van der Waals surface area contributed by atoms with E-state index in [9.17, 15) is 4.79 Å². The Morgan fingerprint density at radius 1 is 1.59 bits per heavy atom. The lowest BCUT2D eigenvalue weighted by molar-refractivity contribution is -0.143. The van der Waals surface area contributed by atoms with E-state index < -0.39 is 6.04 Å². The van der Waals surface area contributed by atoms with Crippen LogP contribution in [0.3, 0.4) is 0 Å². The minimum atomic E-state index is -0.415. The van der Waals surface area contributed by atoms with E-state index >= 15 is 0 Å². The maximum Gasteiger partial charge on any atom is 0.239 e. The second-order valence-electron chi connectivity index (χ2n) is 4.50. The molecule has 0 radical (unpaired) electrons. The third-order valence-corrected chi connectivity index (χ3v) is 2.81. The average Bonchev–Trinajstić information content (AvgIpc) is 2.28. The fraction of sp³-hybridized carbons (Fsp3) is 0.909. The number of hydrogen-bond donors (Lipinski definition) is 1. The topological polar surface area (TPSA) is 64.8 Å². The van der Waals surface area contributed by atoms with Gasteiger partial charge < -0.3 is 20.1 Å². The first-order valence-electron chi connectivity index (χ1n) is 5.71. The number of methoxy groups -OCH3 is 1. The van der Waals surface area contributed by atoms with E-state index in [1.54, 1.807) is 12.0 Å². The summed E-state index contributed by atoms with van der Waals surface area (Å²) in [5.74, 6) is 0.177. The maximum atomic E-state index is 12.0. The van der Waals surface area contributed by atoms with E-state index in [0.717, 1.165) is 0 Å². The van der Waals surface area contributed by atoms with Gasteiger partial charge in [0.15, 0.2) is 0 Å². The van der Waals surface area contributed by atoms with Crippen LogP contribution in [0.5, 0.6) is 0 Å². The second-order valence-corrected chi connectivity index (χ2v) is 4.50. The second kappa shape index (κ2) is 7.87. The summed E-state index contributed by atoms with van der Waals surface area (Å²) in [7, 11) is 1.63. The molecule has 0 aromatic rings. The van der Waals surface area contributed by atoms with Gasteiger partial charge >= 0.3 is 0 Å². The van der Waals surface area contributed by atoms with Crippen molar-refractivity contribution in [3.8, 4) is 0 Å². The quantitative estimate of drug-likeness (QED) is 0.793. The summed E-state index contributed by atoms with van der Waals surface area (Å²) < 4.78 is 10.5. The Balaban J connectivity index is 0.00000256. The summed E-state index contributed by atoms with van der Waals surface area (Å²) in [5.41, 5.74) is 5.85. The van der Waals surface area contributed by atoms with Crippen LogP contribution in [0.2, 0.25) is 0 Å². The number of nitrogens with zero attached hydrogens (tertiary/aromatic N) is 1. The number of ether oxygens (including phenoxy) is 2. The van der Waals surface area contributed by atoms with Crippen LogP contribution >= 0.6 is 12.4 Å². The highest BCUT2D eigenvalue weighted by atomic mass is 35.5. The lowest BCUT2D eigenvalue weighted by atomic mass is 10.0. The standard InChI is InChI=1S/C11H22N2O3.ClH/c1-8(2)10(12)11(14)13-4-5-16-9(6-13)7-15-3;/h8-10H,4-7,12H2,1-3H3;1H/t9?,10-;/m0./s1. The van der Waals surface area contributed by atoms with Crippen LogP contribution in [0.25, 0.3) is 0 Å². The fourth-order valence-electron chi connectivity index (χ4n) is 1.70. The molecule has 0 aliphatic carbocycles. The van der Waals surface area contributed by atoms with Crippen LogP contribution in [0.15, 0.2) is 0 Å². The molecule has 0 saturated carbocycles. The zero-order valence-electron chi connectivity index (χ0n) is 10.7. The predicted molar refractivity (Wildman–Crippen MR) is 68.3 cm³/mol. The molecule has 1 rings (SSSR count). The first-order chi connectivity index (χ1) is 7.56. The third-order valence-electron chi connectivity index (χ3n) is 2.81. The van der Waals surface area contributed by atoms with Gasteiger partial charge in [-0.15, -0.1) is 12.4 Å². The lowest BCUT2D eigenvalue weighted by Crippen LogP contribution is -2.53. The Morgan fingerprint density at radius 3 is 2.76 bits per heavy atom. The van der Waals surface area contributed by atoms with Crippen LogP contribution in [-0.4, -0.2) is 56.4 Å². The van der Waals surface area contributed by atoms with Gasteiger partial charge in [-0.3, -0.25) is 4.79 Å². The molecule has 102 valence electrons. The minimum absolute atomic E-state index is 0. The Kier molecular flexibility index (Phi) is 7.70. The van der Waals surface area contributed by atoms with Gasteiger partial charge in [0.1, 0.15) is 0 Å². The fourth-order valence-corrected chi connectivity index (χ4v) is 1.70. The number of rotatable bonds is 4. The predicted octanol–water partition coefficient (Wildman–Crippen LogP) is 0.265. The van der Waals surface area contributed by atoms with E-state index in [1.807, 2.05) is 13.8 Å². The molecule has 5 nitrogen and oxygen atoms in total. The van der Waals surface area contributed by atoms with E-state index in [-0.39, 0.29) is 30.3 Å². The first kappa shape index (κ1) is 16.6. The number of carbonyl (C=O) groups excluding carboxylic acids is 1. The molecule has 1 aliphatic rings. The summed E-state index contributed by atoms with van der Waals surface area (Å²) in [4.78, 5) is 13.8. The highest BCUT2D eigenvalue weighted by molar-refractivity contribution is 5.85. The molecule has 1 fully saturated rings. The van der Waals surface area contributed by atoms with Gasteiger partial charge in [0, 0.05) is 20.2 Å². The molecule has 1 unspecified atom stereocenters. The van der Waals surface area contributed by atoms with E-state index in [1.165, 1.54) is 0 Å². The first-order valence-corrected chi connectivity index (χ1v) is 5.71. The van der Waals surface area contributed by atoms with E-state index in [0.29, 0.717) is 26.3 Å². The number of carbonyl (C=O) groups is 1. The molecule has 0 aromatic heterocycles. The number of morpholine rings is 1. The van der Waals surface area contributed by atoms with Crippen molar-refractivity contribution < 1.29 is 14.3 Å². The van der Waals surface area contributed by atoms with Crippen molar-refractivity contribution in [2.75, 3.05) is 33.4 Å². The van der Waals surface area contributed by atoms with Crippen LogP contribution in [-0.2, 0) is 14.3 Å². The van der Waals surface area contributed by atoms with Crippen LogP contribution < -0.4 is 5.73 Å². The van der Waals surface area contributed by atoms with Crippen molar-refractivity contribution in [3.63, 3.8) is 0 Å². The van der Waals surface area contributed by atoms with E-state index in [4.69, 9.17) is 15.2 Å². The highest BCUT2D eigenvalue weighted by Gasteiger charge is 2.28. The van der Waals surface area contributed by atoms with Crippen LogP contribution in [0.4, 0.5) is 0 Å². The Hall–Kier alpha value is -0.360. The van der Waals surface area contributed by atoms with Crippen molar-refractivity contribution in [2.45, 2.75) is 26.0 Å². The molecule has 6 heteroatoms. The van der Waals surface area contributed by atoms with Crippen molar-refractivity contribution in [1.82, 2.24) is 4.90 Å². The van der Waals surface area contributed by atoms with Crippen molar-refractivity contribution in [3.05, 3.63) is 0 Å². The SMILES string of the molecule is COCC1CN(C(=O)[C@@H](N)C(C)C)CCO1.Cl. The van der Waals surface area contributed by atoms with Gasteiger partial charge in [-0.05, 0) is 5.92 Å². The van der Waals surface area contributed by atoms with Gasteiger partial charge in [0.2, 0.25) is 5.91 Å². The Labute approximate surface area is 109 Å². The molecule has 1 aliphatic heterocycles. The van der Waals surface area contributed by atoms with Gasteiger partial charge in [-0.1, -0.05) is 13.8 Å². The minimum Gasteiger partial charge on any atom is -0.382 e. The van der Waals surface area contributed by atoms with Gasteiger partial charge in [-0.25, -0.2) is 0 Å². The molecule has 2 atom stereocenters. The summed E-state index contributed by atoms with van der Waals surface area (Å²) in [6.07, 6.45) is -0.0259. The monoisotopic (exact) mass is 266 g/mol. The zero-order valence-corrected chi connectivity index (χ0v) is 11.5. The Morgan fingerprint density at radius 2 is 2.24 bits per heavy atom.